The summed E-state index contributed by atoms with van der Waals surface area (Å²) in [4.78, 5) is 23.5. The van der Waals surface area contributed by atoms with E-state index < -0.39 is 0 Å². The highest BCUT2D eigenvalue weighted by Crippen LogP contribution is 2.11. The maximum absolute atomic E-state index is 11.9. The van der Waals surface area contributed by atoms with E-state index in [0.29, 0.717) is 5.02 Å². The summed E-state index contributed by atoms with van der Waals surface area (Å²) in [6.45, 7) is 1.85. The van der Waals surface area contributed by atoms with E-state index in [-0.39, 0.29) is 24.1 Å². The highest BCUT2D eigenvalue weighted by atomic mass is 35.5. The number of pyridine rings is 1. The third-order valence-corrected chi connectivity index (χ3v) is 3.16. The number of nitrogens with zero attached hydrogens (tertiary/aromatic N) is 1. The summed E-state index contributed by atoms with van der Waals surface area (Å²) < 4.78 is 1.29. The van der Waals surface area contributed by atoms with Crippen molar-refractivity contribution >= 4 is 17.5 Å². The van der Waals surface area contributed by atoms with Crippen molar-refractivity contribution < 1.29 is 4.79 Å². The Morgan fingerprint density at radius 2 is 1.95 bits per heavy atom. The van der Waals surface area contributed by atoms with Gasteiger partial charge >= 0.3 is 0 Å². The van der Waals surface area contributed by atoms with E-state index in [1.807, 2.05) is 37.3 Å². The lowest BCUT2D eigenvalue weighted by Crippen LogP contribution is -2.33. The highest BCUT2D eigenvalue weighted by Gasteiger charge is 2.10. The van der Waals surface area contributed by atoms with Crippen molar-refractivity contribution in [1.82, 2.24) is 9.88 Å². The zero-order valence-electron chi connectivity index (χ0n) is 11.0. The van der Waals surface area contributed by atoms with Crippen molar-refractivity contribution in [2.24, 2.45) is 0 Å². The second-order valence-electron chi connectivity index (χ2n) is 4.51. The summed E-state index contributed by atoms with van der Waals surface area (Å²) in [5.41, 5.74) is 0.760. The third kappa shape index (κ3) is 3.71. The molecule has 1 atom stereocenters. The number of carbonyl (C=O) groups is 1. The molecule has 0 radical (unpaired) electrons. The maximum atomic E-state index is 11.9. The van der Waals surface area contributed by atoms with E-state index in [0.717, 1.165) is 5.56 Å². The van der Waals surface area contributed by atoms with E-state index in [1.54, 1.807) is 0 Å². The number of rotatable bonds is 4. The standard InChI is InChI=1S/C15H15ClN2O2/c1-11(12-5-3-2-4-6-12)17-14(19)10-18-9-13(16)7-8-15(18)20/h2-9,11H,10H2,1H3,(H,17,19). The van der Waals surface area contributed by atoms with Crippen molar-refractivity contribution in [2.75, 3.05) is 0 Å². The topological polar surface area (TPSA) is 51.1 Å². The van der Waals surface area contributed by atoms with E-state index in [2.05, 4.69) is 5.32 Å². The largest absolute Gasteiger partial charge is 0.348 e. The number of benzene rings is 1. The number of aromatic nitrogens is 1. The molecule has 5 heteroatoms. The Balaban J connectivity index is 2.02. The molecule has 0 saturated carbocycles. The number of halogens is 1. The van der Waals surface area contributed by atoms with Crippen LogP contribution < -0.4 is 10.9 Å². The fourth-order valence-electron chi connectivity index (χ4n) is 1.89. The number of hydrogen-bond acceptors (Lipinski definition) is 2. The molecule has 1 unspecified atom stereocenters. The lowest BCUT2D eigenvalue weighted by Gasteiger charge is -2.14. The molecule has 0 spiro atoms. The third-order valence-electron chi connectivity index (χ3n) is 2.94. The normalized spacial score (nSPS) is 11.9. The quantitative estimate of drug-likeness (QED) is 0.940. The first-order valence-electron chi connectivity index (χ1n) is 6.26. The van der Waals surface area contributed by atoms with E-state index in [4.69, 9.17) is 11.6 Å². The molecule has 4 nitrogen and oxygen atoms in total. The first-order valence-corrected chi connectivity index (χ1v) is 6.64. The van der Waals surface area contributed by atoms with Crippen LogP contribution in [-0.2, 0) is 11.3 Å². The van der Waals surface area contributed by atoms with Crippen LogP contribution in [-0.4, -0.2) is 10.5 Å². The molecule has 1 aromatic carbocycles. The zero-order chi connectivity index (χ0) is 14.5. The summed E-state index contributed by atoms with van der Waals surface area (Å²) in [6.07, 6.45) is 1.46. The molecule has 2 aromatic rings. The fraction of sp³-hybridized carbons (Fsp3) is 0.200. The van der Waals surface area contributed by atoms with Crippen molar-refractivity contribution in [3.8, 4) is 0 Å². The average Bonchev–Trinajstić information content (AvgIpc) is 2.43. The molecule has 0 bridgehead atoms. The van der Waals surface area contributed by atoms with Gasteiger partial charge in [0.15, 0.2) is 0 Å². The molecule has 1 N–H and O–H groups in total. The van der Waals surface area contributed by atoms with Gasteiger partial charge in [0, 0.05) is 12.3 Å². The lowest BCUT2D eigenvalue weighted by atomic mass is 10.1. The number of hydrogen-bond donors (Lipinski definition) is 1. The predicted molar refractivity (Wildman–Crippen MR) is 78.7 cm³/mol. The molecule has 1 aromatic heterocycles. The van der Waals surface area contributed by atoms with Crippen LogP contribution in [0.25, 0.3) is 0 Å². The molecule has 0 saturated heterocycles. The molecule has 104 valence electrons. The van der Waals surface area contributed by atoms with Crippen molar-refractivity contribution in [3.63, 3.8) is 0 Å². The Kier molecular flexibility index (Phi) is 4.58. The van der Waals surface area contributed by atoms with Gasteiger partial charge in [-0.2, -0.15) is 0 Å². The Morgan fingerprint density at radius 3 is 2.65 bits per heavy atom. The van der Waals surface area contributed by atoms with Crippen LogP contribution in [0, 0.1) is 0 Å². The maximum Gasteiger partial charge on any atom is 0.251 e. The smallest absolute Gasteiger partial charge is 0.251 e. The molecule has 0 aliphatic heterocycles. The molecule has 1 amide bonds. The van der Waals surface area contributed by atoms with E-state index >= 15 is 0 Å². The van der Waals surface area contributed by atoms with Gasteiger partial charge in [0.05, 0.1) is 11.1 Å². The van der Waals surface area contributed by atoms with Gasteiger partial charge in [-0.1, -0.05) is 41.9 Å². The van der Waals surface area contributed by atoms with E-state index in [9.17, 15) is 9.59 Å². The zero-order valence-corrected chi connectivity index (χ0v) is 11.8. The summed E-state index contributed by atoms with van der Waals surface area (Å²) in [5, 5.41) is 3.27. The first-order chi connectivity index (χ1) is 9.56. The minimum atomic E-state index is -0.253. The van der Waals surface area contributed by atoms with Crippen molar-refractivity contribution in [1.29, 1.82) is 0 Å². The summed E-state index contributed by atoms with van der Waals surface area (Å²) in [5.74, 6) is -0.231. The second-order valence-corrected chi connectivity index (χ2v) is 4.95. The van der Waals surface area contributed by atoms with Crippen LogP contribution >= 0.6 is 11.6 Å². The van der Waals surface area contributed by atoms with Gasteiger partial charge in [0.1, 0.15) is 6.54 Å². The molecule has 0 aliphatic carbocycles. The molecular formula is C15H15ClN2O2. The minimum Gasteiger partial charge on any atom is -0.348 e. The van der Waals surface area contributed by atoms with Crippen LogP contribution in [0.3, 0.4) is 0 Å². The van der Waals surface area contributed by atoms with Gasteiger partial charge in [-0.3, -0.25) is 9.59 Å². The van der Waals surface area contributed by atoms with Crippen LogP contribution in [0.4, 0.5) is 0 Å². The van der Waals surface area contributed by atoms with Gasteiger partial charge in [-0.25, -0.2) is 0 Å². The summed E-state index contributed by atoms with van der Waals surface area (Å²) in [7, 11) is 0. The Morgan fingerprint density at radius 1 is 1.25 bits per heavy atom. The Hall–Kier alpha value is -2.07. The lowest BCUT2D eigenvalue weighted by molar-refractivity contribution is -0.122. The van der Waals surface area contributed by atoms with Crippen LogP contribution in [0.1, 0.15) is 18.5 Å². The van der Waals surface area contributed by atoms with Crippen molar-refractivity contribution in [2.45, 2.75) is 19.5 Å². The predicted octanol–water partition coefficient (Wildman–Crippen LogP) is 2.38. The molecule has 0 fully saturated rings. The monoisotopic (exact) mass is 290 g/mol. The number of nitrogens with one attached hydrogen (secondary N) is 1. The molecule has 0 aliphatic rings. The fourth-order valence-corrected chi connectivity index (χ4v) is 2.07. The molecule has 20 heavy (non-hydrogen) atoms. The van der Waals surface area contributed by atoms with Gasteiger partial charge in [-0.05, 0) is 18.6 Å². The van der Waals surface area contributed by atoms with Crippen LogP contribution in [0.2, 0.25) is 5.02 Å². The van der Waals surface area contributed by atoms with E-state index in [1.165, 1.54) is 22.9 Å². The first kappa shape index (κ1) is 14.3. The second kappa shape index (κ2) is 6.39. The number of amides is 1. The summed E-state index contributed by atoms with van der Waals surface area (Å²) in [6, 6.07) is 12.4. The highest BCUT2D eigenvalue weighted by molar-refractivity contribution is 6.30. The number of carbonyl (C=O) groups excluding carboxylic acids is 1. The van der Waals surface area contributed by atoms with Gasteiger partial charge in [-0.15, -0.1) is 0 Å². The SMILES string of the molecule is CC(NC(=O)Cn1cc(Cl)ccc1=O)c1ccccc1. The van der Waals surface area contributed by atoms with Crippen molar-refractivity contribution in [3.05, 3.63) is 69.6 Å². The van der Waals surface area contributed by atoms with Crippen LogP contribution in [0.5, 0.6) is 0 Å². The van der Waals surface area contributed by atoms with Gasteiger partial charge < -0.3 is 9.88 Å². The molecular weight excluding hydrogens is 276 g/mol. The van der Waals surface area contributed by atoms with Gasteiger partial charge in [0.2, 0.25) is 5.91 Å². The summed E-state index contributed by atoms with van der Waals surface area (Å²) >= 11 is 5.81. The van der Waals surface area contributed by atoms with Crippen LogP contribution in [0.15, 0.2) is 53.5 Å². The minimum absolute atomic E-state index is 0.0451. The Bertz CT molecular complexity index is 652. The molecule has 1 heterocycles. The van der Waals surface area contributed by atoms with Gasteiger partial charge in [0.25, 0.3) is 5.56 Å². The average molecular weight is 291 g/mol. The molecule has 2 rings (SSSR count). The Labute approximate surface area is 122 Å².